The number of nitrogens with two attached hydrogens (primary N) is 1. The number of amides is 1. The minimum absolute atomic E-state index is 0.0810. The third-order valence-corrected chi connectivity index (χ3v) is 0.958. The molecule has 0 unspecified atom stereocenters. The molecule has 2 N–H and O–H groups in total. The van der Waals surface area contributed by atoms with E-state index in [1.54, 1.807) is 0 Å². The number of hydrogen-bond donors (Lipinski definition) is 2. The second kappa shape index (κ2) is 3.01. The van der Waals surface area contributed by atoms with E-state index < -0.39 is 0 Å². The van der Waals surface area contributed by atoms with Gasteiger partial charge in [-0.05, 0) is 0 Å². The summed E-state index contributed by atoms with van der Waals surface area (Å²) in [6, 6.07) is 0. The Morgan fingerprint density at radius 1 is 1.88 bits per heavy atom. The lowest BCUT2D eigenvalue weighted by Gasteiger charge is -2.08. The minimum atomic E-state index is -0.315. The molecule has 1 amide bonds. The van der Waals surface area contributed by atoms with Crippen molar-refractivity contribution in [2.45, 2.75) is 6.92 Å². The van der Waals surface area contributed by atoms with Crippen molar-refractivity contribution in [2.75, 3.05) is 0 Å². The molecule has 0 aromatic heterocycles. The molecule has 0 fully saturated rings. The van der Waals surface area contributed by atoms with Crippen molar-refractivity contribution < 1.29 is 4.79 Å². The molecule has 0 saturated heterocycles. The Morgan fingerprint density at radius 3 is 2.25 bits per heavy atom. The van der Waals surface area contributed by atoms with Crippen molar-refractivity contribution >= 4 is 35.1 Å². The molecule has 0 spiro atoms. The van der Waals surface area contributed by atoms with Gasteiger partial charge in [-0.3, -0.25) is 4.79 Å². The van der Waals surface area contributed by atoms with Crippen LogP contribution in [0.2, 0.25) is 0 Å². The third-order valence-electron chi connectivity index (χ3n) is 0.545. The molecule has 0 heterocycles. The molecular formula is C3H6N2OS2. The van der Waals surface area contributed by atoms with Crippen molar-refractivity contribution in [2.24, 2.45) is 5.84 Å². The normalized spacial score (nSPS) is 8.38. The van der Waals surface area contributed by atoms with Gasteiger partial charge in [-0.15, -0.1) is 12.6 Å². The fourth-order valence-electron chi connectivity index (χ4n) is 0.135. The second-order valence-electron chi connectivity index (χ2n) is 1.17. The highest BCUT2D eigenvalue weighted by Gasteiger charge is 2.02. The monoisotopic (exact) mass is 150 g/mol. The van der Waals surface area contributed by atoms with Gasteiger partial charge in [0.05, 0.1) is 0 Å². The number of hydrazine groups is 1. The zero-order valence-corrected chi connectivity index (χ0v) is 6.00. The number of thiocarbonyl (C=S) groups is 1. The van der Waals surface area contributed by atoms with E-state index >= 15 is 0 Å². The van der Waals surface area contributed by atoms with Gasteiger partial charge in [-0.1, -0.05) is 12.2 Å². The van der Waals surface area contributed by atoms with Crippen molar-refractivity contribution in [1.29, 1.82) is 0 Å². The molecule has 0 bridgehead atoms. The first-order valence-electron chi connectivity index (χ1n) is 1.84. The molecule has 3 nitrogen and oxygen atoms in total. The summed E-state index contributed by atoms with van der Waals surface area (Å²) >= 11 is 8.08. The molecule has 0 aromatic carbocycles. The van der Waals surface area contributed by atoms with Gasteiger partial charge < -0.3 is 0 Å². The van der Waals surface area contributed by atoms with E-state index in [2.05, 4.69) is 24.8 Å². The maximum absolute atomic E-state index is 10.2. The summed E-state index contributed by atoms with van der Waals surface area (Å²) in [7, 11) is 0. The number of rotatable bonds is 0. The van der Waals surface area contributed by atoms with Crippen LogP contribution in [-0.4, -0.2) is 15.2 Å². The van der Waals surface area contributed by atoms with Crippen LogP contribution in [0.5, 0.6) is 0 Å². The average Bonchev–Trinajstić information content (AvgIpc) is 1.64. The van der Waals surface area contributed by atoms with E-state index in [1.165, 1.54) is 6.92 Å². The quantitative estimate of drug-likeness (QED) is 0.167. The van der Waals surface area contributed by atoms with Gasteiger partial charge >= 0.3 is 0 Å². The maximum atomic E-state index is 10.2. The zero-order valence-electron chi connectivity index (χ0n) is 4.29. The van der Waals surface area contributed by atoms with Crippen molar-refractivity contribution in [3.8, 4) is 0 Å². The molecule has 0 aliphatic heterocycles. The largest absolute Gasteiger partial charge is 0.273 e. The zero-order chi connectivity index (χ0) is 6.73. The Morgan fingerprint density at radius 2 is 2.25 bits per heavy atom. The van der Waals surface area contributed by atoms with Crippen LogP contribution in [0.1, 0.15) is 6.92 Å². The lowest BCUT2D eigenvalue weighted by atomic mass is 10.7. The summed E-state index contributed by atoms with van der Waals surface area (Å²) in [6.45, 7) is 1.31. The minimum Gasteiger partial charge on any atom is -0.273 e. The predicted molar refractivity (Wildman–Crippen MR) is 38.3 cm³/mol. The summed E-state index contributed by atoms with van der Waals surface area (Å²) in [5.41, 5.74) is 0. The van der Waals surface area contributed by atoms with Crippen molar-refractivity contribution in [1.82, 2.24) is 5.01 Å². The van der Waals surface area contributed by atoms with Gasteiger partial charge in [0.2, 0.25) is 5.91 Å². The van der Waals surface area contributed by atoms with Crippen LogP contribution in [0.15, 0.2) is 0 Å². The van der Waals surface area contributed by atoms with Crippen LogP contribution in [0, 0.1) is 0 Å². The average molecular weight is 150 g/mol. The SMILES string of the molecule is CC(=O)N(N)C(=S)S. The number of thiol groups is 1. The van der Waals surface area contributed by atoms with Crippen LogP contribution in [-0.2, 0) is 4.79 Å². The molecule has 0 aromatic rings. The van der Waals surface area contributed by atoms with E-state index in [0.717, 1.165) is 5.01 Å². The second-order valence-corrected chi connectivity index (χ2v) is 2.28. The Labute approximate surface area is 58.2 Å². The third kappa shape index (κ3) is 2.25. The lowest BCUT2D eigenvalue weighted by molar-refractivity contribution is -0.125. The van der Waals surface area contributed by atoms with Gasteiger partial charge in [0.25, 0.3) is 0 Å². The van der Waals surface area contributed by atoms with Crippen LogP contribution >= 0.6 is 24.8 Å². The lowest BCUT2D eigenvalue weighted by Crippen LogP contribution is -2.37. The van der Waals surface area contributed by atoms with Crippen LogP contribution in [0.4, 0.5) is 0 Å². The summed E-state index contributed by atoms with van der Waals surface area (Å²) in [5.74, 6) is 4.71. The maximum Gasteiger partial charge on any atom is 0.239 e. The Hall–Kier alpha value is -0.130. The van der Waals surface area contributed by atoms with E-state index in [0.29, 0.717) is 0 Å². The number of carbonyl (C=O) groups excluding carboxylic acids is 1. The van der Waals surface area contributed by atoms with Gasteiger partial charge in [-0.2, -0.15) is 0 Å². The van der Waals surface area contributed by atoms with Crippen molar-refractivity contribution in [3.63, 3.8) is 0 Å². The molecule has 0 aliphatic rings. The number of hydrogen-bond acceptors (Lipinski definition) is 3. The molecule has 0 rings (SSSR count). The van der Waals surface area contributed by atoms with Gasteiger partial charge in [0.1, 0.15) is 0 Å². The Balaban J connectivity index is 3.83. The van der Waals surface area contributed by atoms with E-state index in [9.17, 15) is 4.79 Å². The molecule has 0 atom stereocenters. The molecule has 0 aliphatic carbocycles. The predicted octanol–water partition coefficient (Wildman–Crippen LogP) is -0.0767. The molecular weight excluding hydrogens is 144 g/mol. The highest BCUT2D eigenvalue weighted by Crippen LogP contribution is 1.87. The Bertz CT molecular complexity index is 110. The highest BCUT2D eigenvalue weighted by atomic mass is 32.1. The fraction of sp³-hybridized carbons (Fsp3) is 0.333. The van der Waals surface area contributed by atoms with Crippen LogP contribution < -0.4 is 5.84 Å². The molecule has 0 radical (unpaired) electrons. The highest BCUT2D eigenvalue weighted by molar-refractivity contribution is 8.11. The van der Waals surface area contributed by atoms with E-state index in [1.807, 2.05) is 0 Å². The Kier molecular flexibility index (Phi) is 2.96. The smallest absolute Gasteiger partial charge is 0.239 e. The van der Waals surface area contributed by atoms with Gasteiger partial charge in [-0.25, -0.2) is 10.9 Å². The van der Waals surface area contributed by atoms with Crippen LogP contribution in [0.25, 0.3) is 0 Å². The van der Waals surface area contributed by atoms with Crippen LogP contribution in [0.3, 0.4) is 0 Å². The first-order chi connectivity index (χ1) is 3.55. The van der Waals surface area contributed by atoms with E-state index in [4.69, 9.17) is 5.84 Å². The summed E-state index contributed by atoms with van der Waals surface area (Å²) in [6.07, 6.45) is 0. The molecule has 0 saturated carbocycles. The van der Waals surface area contributed by atoms with Gasteiger partial charge in [0, 0.05) is 6.92 Å². The standard InChI is InChI=1S/C3H6N2OS2/c1-2(6)5(4)3(7)8/h4H2,1H3,(H,7,8). The molecule has 46 valence electrons. The summed E-state index contributed by atoms with van der Waals surface area (Å²) in [4.78, 5) is 10.2. The fourth-order valence-corrected chi connectivity index (χ4v) is 0.404. The van der Waals surface area contributed by atoms with Crippen molar-refractivity contribution in [3.05, 3.63) is 0 Å². The summed E-state index contributed by atoms with van der Waals surface area (Å²) in [5, 5.41) is 0.790. The van der Waals surface area contributed by atoms with Gasteiger partial charge in [0.15, 0.2) is 4.32 Å². The first kappa shape index (κ1) is 7.87. The number of carbonyl (C=O) groups is 1. The first-order valence-corrected chi connectivity index (χ1v) is 2.69. The van der Waals surface area contributed by atoms with E-state index in [-0.39, 0.29) is 10.2 Å². The topological polar surface area (TPSA) is 46.3 Å². The number of nitrogens with zero attached hydrogens (tertiary/aromatic N) is 1. The molecule has 8 heavy (non-hydrogen) atoms. The summed E-state index contributed by atoms with van der Waals surface area (Å²) < 4.78 is 0.0810. The molecule has 5 heteroatoms.